The highest BCUT2D eigenvalue weighted by Gasteiger charge is 2.02. The zero-order valence-corrected chi connectivity index (χ0v) is 11.2. The van der Waals surface area contributed by atoms with Gasteiger partial charge in [0.2, 0.25) is 0 Å². The van der Waals surface area contributed by atoms with Gasteiger partial charge in [0.25, 0.3) is 0 Å². The molecule has 0 aliphatic heterocycles. The number of hydrogen-bond acceptors (Lipinski definition) is 1. The topological polar surface area (TPSA) is 12.0 Å². The summed E-state index contributed by atoms with van der Waals surface area (Å²) < 4.78 is 26.9. The summed E-state index contributed by atoms with van der Waals surface area (Å²) in [6.07, 6.45) is 0. The minimum Gasteiger partial charge on any atom is -0.309 e. The molecular formula is C14H12BrF2N. The standard InChI is InChI=1S/C14H12BrF2N/c15-12-4-3-11(14(17)7-12)9-18-8-10-1-5-13(16)6-2-10/h1-7,18H,8-9H2. The first-order chi connectivity index (χ1) is 8.65. The molecule has 2 aromatic rings. The van der Waals surface area contributed by atoms with E-state index in [4.69, 9.17) is 0 Å². The predicted molar refractivity (Wildman–Crippen MR) is 71.0 cm³/mol. The Morgan fingerprint density at radius 3 is 2.33 bits per heavy atom. The molecular weight excluding hydrogens is 300 g/mol. The largest absolute Gasteiger partial charge is 0.309 e. The molecule has 0 aliphatic rings. The molecule has 0 amide bonds. The molecule has 0 aliphatic carbocycles. The molecule has 0 saturated carbocycles. The quantitative estimate of drug-likeness (QED) is 0.899. The van der Waals surface area contributed by atoms with Crippen LogP contribution >= 0.6 is 15.9 Å². The number of benzene rings is 2. The van der Waals surface area contributed by atoms with E-state index in [1.807, 2.05) is 0 Å². The van der Waals surface area contributed by atoms with Crippen molar-refractivity contribution in [2.75, 3.05) is 0 Å². The molecule has 18 heavy (non-hydrogen) atoms. The van der Waals surface area contributed by atoms with Crippen molar-refractivity contribution in [1.82, 2.24) is 5.32 Å². The van der Waals surface area contributed by atoms with E-state index in [-0.39, 0.29) is 11.6 Å². The maximum absolute atomic E-state index is 13.5. The van der Waals surface area contributed by atoms with E-state index in [1.54, 1.807) is 24.3 Å². The van der Waals surface area contributed by atoms with E-state index in [0.29, 0.717) is 18.7 Å². The van der Waals surface area contributed by atoms with Gasteiger partial charge in [-0.3, -0.25) is 0 Å². The summed E-state index contributed by atoms with van der Waals surface area (Å²) in [6.45, 7) is 1.02. The molecule has 0 saturated heterocycles. The Labute approximate surface area is 113 Å². The second-order valence-electron chi connectivity index (χ2n) is 3.97. The van der Waals surface area contributed by atoms with Gasteiger partial charge in [0.15, 0.2) is 0 Å². The van der Waals surface area contributed by atoms with Crippen LogP contribution in [0.3, 0.4) is 0 Å². The second-order valence-corrected chi connectivity index (χ2v) is 4.88. The molecule has 1 N–H and O–H groups in total. The first-order valence-corrected chi connectivity index (χ1v) is 6.33. The van der Waals surface area contributed by atoms with Gasteiger partial charge in [-0.15, -0.1) is 0 Å². The zero-order chi connectivity index (χ0) is 13.0. The second kappa shape index (κ2) is 6.07. The first kappa shape index (κ1) is 13.2. The van der Waals surface area contributed by atoms with Crippen molar-refractivity contribution in [1.29, 1.82) is 0 Å². The van der Waals surface area contributed by atoms with E-state index in [2.05, 4.69) is 21.2 Å². The average Bonchev–Trinajstić information content (AvgIpc) is 2.34. The molecule has 0 radical (unpaired) electrons. The molecule has 0 fully saturated rings. The molecule has 94 valence electrons. The summed E-state index contributed by atoms with van der Waals surface area (Å²) in [5, 5.41) is 3.12. The lowest BCUT2D eigenvalue weighted by molar-refractivity contribution is 0.586. The third-order valence-electron chi connectivity index (χ3n) is 2.57. The van der Waals surface area contributed by atoms with Gasteiger partial charge >= 0.3 is 0 Å². The van der Waals surface area contributed by atoms with Gasteiger partial charge in [0.05, 0.1) is 0 Å². The van der Waals surface area contributed by atoms with Crippen LogP contribution in [0.25, 0.3) is 0 Å². The van der Waals surface area contributed by atoms with E-state index in [0.717, 1.165) is 10.0 Å². The van der Waals surface area contributed by atoms with Crippen molar-refractivity contribution in [3.05, 3.63) is 69.7 Å². The lowest BCUT2D eigenvalue weighted by Crippen LogP contribution is -2.13. The van der Waals surface area contributed by atoms with E-state index < -0.39 is 0 Å². The Morgan fingerprint density at radius 1 is 0.944 bits per heavy atom. The monoisotopic (exact) mass is 311 g/mol. The Balaban J connectivity index is 1.90. The fourth-order valence-corrected chi connectivity index (χ4v) is 1.94. The van der Waals surface area contributed by atoms with Gasteiger partial charge in [-0.1, -0.05) is 34.1 Å². The van der Waals surface area contributed by atoms with Crippen molar-refractivity contribution in [2.45, 2.75) is 13.1 Å². The molecule has 2 rings (SSSR count). The smallest absolute Gasteiger partial charge is 0.128 e. The fraction of sp³-hybridized carbons (Fsp3) is 0.143. The third-order valence-corrected chi connectivity index (χ3v) is 3.07. The maximum atomic E-state index is 13.5. The summed E-state index contributed by atoms with van der Waals surface area (Å²) >= 11 is 3.21. The lowest BCUT2D eigenvalue weighted by atomic mass is 10.2. The van der Waals surface area contributed by atoms with E-state index >= 15 is 0 Å². The molecule has 1 nitrogen and oxygen atoms in total. The van der Waals surface area contributed by atoms with Gasteiger partial charge in [-0.05, 0) is 29.8 Å². The lowest BCUT2D eigenvalue weighted by Gasteiger charge is -2.06. The molecule has 0 bridgehead atoms. The highest BCUT2D eigenvalue weighted by atomic mass is 79.9. The molecule has 0 unspecified atom stereocenters. The fourth-order valence-electron chi connectivity index (χ4n) is 1.61. The molecule has 0 aromatic heterocycles. The van der Waals surface area contributed by atoms with Crippen LogP contribution in [0.5, 0.6) is 0 Å². The molecule has 0 heterocycles. The van der Waals surface area contributed by atoms with Crippen molar-refractivity contribution < 1.29 is 8.78 Å². The van der Waals surface area contributed by atoms with Gasteiger partial charge < -0.3 is 5.32 Å². The molecule has 0 atom stereocenters. The van der Waals surface area contributed by atoms with Gasteiger partial charge in [-0.2, -0.15) is 0 Å². The van der Waals surface area contributed by atoms with Crippen LogP contribution in [0.15, 0.2) is 46.9 Å². The van der Waals surface area contributed by atoms with Crippen molar-refractivity contribution in [3.63, 3.8) is 0 Å². The highest BCUT2D eigenvalue weighted by molar-refractivity contribution is 9.10. The van der Waals surface area contributed by atoms with Crippen LogP contribution in [0, 0.1) is 11.6 Å². The minimum absolute atomic E-state index is 0.240. The SMILES string of the molecule is Fc1ccc(CNCc2ccc(Br)cc2F)cc1. The van der Waals surface area contributed by atoms with Crippen LogP contribution in [0.1, 0.15) is 11.1 Å². The van der Waals surface area contributed by atoms with Crippen LogP contribution in [0.2, 0.25) is 0 Å². The van der Waals surface area contributed by atoms with Gasteiger partial charge in [0, 0.05) is 23.1 Å². The van der Waals surface area contributed by atoms with Crippen LogP contribution in [0.4, 0.5) is 8.78 Å². The predicted octanol–water partition coefficient (Wildman–Crippen LogP) is 4.02. The summed E-state index contributed by atoms with van der Waals surface area (Å²) in [5.74, 6) is -0.492. The Kier molecular flexibility index (Phi) is 4.44. The highest BCUT2D eigenvalue weighted by Crippen LogP contribution is 2.15. The number of rotatable bonds is 4. The first-order valence-electron chi connectivity index (χ1n) is 5.54. The van der Waals surface area contributed by atoms with Gasteiger partial charge in [0.1, 0.15) is 11.6 Å². The normalized spacial score (nSPS) is 10.6. The third kappa shape index (κ3) is 3.62. The van der Waals surface area contributed by atoms with Crippen LogP contribution in [-0.4, -0.2) is 0 Å². The van der Waals surface area contributed by atoms with Crippen LogP contribution < -0.4 is 5.32 Å². The number of halogens is 3. The zero-order valence-electron chi connectivity index (χ0n) is 9.59. The summed E-state index contributed by atoms with van der Waals surface area (Å²) in [6, 6.07) is 11.2. The van der Waals surface area contributed by atoms with Gasteiger partial charge in [-0.25, -0.2) is 8.78 Å². The summed E-state index contributed by atoms with van der Waals surface area (Å²) in [7, 11) is 0. The Bertz CT molecular complexity index is 526. The summed E-state index contributed by atoms with van der Waals surface area (Å²) in [4.78, 5) is 0. The number of hydrogen-bond donors (Lipinski definition) is 1. The van der Waals surface area contributed by atoms with Crippen molar-refractivity contribution in [2.24, 2.45) is 0 Å². The molecule has 2 aromatic carbocycles. The average molecular weight is 312 g/mol. The summed E-state index contributed by atoms with van der Waals surface area (Å²) in [5.41, 5.74) is 1.58. The van der Waals surface area contributed by atoms with Crippen molar-refractivity contribution in [3.8, 4) is 0 Å². The molecule has 0 spiro atoms. The minimum atomic E-state index is -0.252. The van der Waals surface area contributed by atoms with Crippen molar-refractivity contribution >= 4 is 15.9 Å². The van der Waals surface area contributed by atoms with Crippen LogP contribution in [-0.2, 0) is 13.1 Å². The Hall–Kier alpha value is -1.26. The van der Waals surface area contributed by atoms with E-state index in [1.165, 1.54) is 18.2 Å². The van der Waals surface area contributed by atoms with E-state index in [9.17, 15) is 8.78 Å². The number of nitrogens with one attached hydrogen (secondary N) is 1. The maximum Gasteiger partial charge on any atom is 0.128 e. The Morgan fingerprint density at radius 2 is 1.67 bits per heavy atom. The molecule has 4 heteroatoms.